The standard InChI is InChI=1S/C38H48N4O2/c1-3-41(4-2)37(43)31-18-13-17-28(24-31)29-21-22-30-26-34-36(33(30)25-29)32(19-10-11-20-35(39)40)38(44)42(34)23-12-6-9-16-27-14-7-5-8-15-27/h5,7-8,13-15,17-18,21-22,24-25,32,34,36H,3-4,6,9-12,16,19-20,23,26H2,1-2H3,(H3,39,40)/t32-,34+,36+/m0/s1. The highest BCUT2D eigenvalue weighted by Crippen LogP contribution is 2.49. The van der Waals surface area contributed by atoms with E-state index in [1.54, 1.807) is 0 Å². The van der Waals surface area contributed by atoms with Gasteiger partial charge >= 0.3 is 0 Å². The maximum absolute atomic E-state index is 14.0. The molecule has 1 aliphatic carbocycles. The van der Waals surface area contributed by atoms with E-state index in [1.807, 2.05) is 36.9 Å². The monoisotopic (exact) mass is 592 g/mol. The van der Waals surface area contributed by atoms with E-state index in [1.165, 1.54) is 16.7 Å². The molecule has 0 bridgehead atoms. The van der Waals surface area contributed by atoms with Crippen molar-refractivity contribution in [3.8, 4) is 11.1 Å². The molecule has 6 nitrogen and oxygen atoms in total. The van der Waals surface area contributed by atoms with E-state index in [0.717, 1.165) is 69.0 Å². The molecule has 1 saturated heterocycles. The van der Waals surface area contributed by atoms with E-state index >= 15 is 0 Å². The first-order chi connectivity index (χ1) is 21.4. The van der Waals surface area contributed by atoms with Crippen LogP contribution in [0.3, 0.4) is 0 Å². The fourth-order valence-electron chi connectivity index (χ4n) is 7.37. The SMILES string of the molecule is CCN(CC)C(=O)c1cccc(-c2ccc3c(c2)[C@H]2[C@H](CCCCC(=N)N)C(=O)N(CCCCCc4ccccc4)[C@@H]2C3)c1. The molecule has 2 aliphatic rings. The third kappa shape index (κ3) is 7.06. The number of hydrogen-bond acceptors (Lipinski definition) is 3. The lowest BCUT2D eigenvalue weighted by Gasteiger charge is -2.24. The summed E-state index contributed by atoms with van der Waals surface area (Å²) in [6, 6.07) is 25.5. The number of benzene rings is 3. The van der Waals surface area contributed by atoms with Gasteiger partial charge in [-0.1, -0.05) is 73.5 Å². The largest absolute Gasteiger partial charge is 0.388 e. The minimum absolute atomic E-state index is 0.0386. The summed E-state index contributed by atoms with van der Waals surface area (Å²) < 4.78 is 0. The van der Waals surface area contributed by atoms with E-state index < -0.39 is 0 Å². The van der Waals surface area contributed by atoms with Crippen molar-refractivity contribution in [3.63, 3.8) is 0 Å². The van der Waals surface area contributed by atoms with Crippen LogP contribution in [0.4, 0.5) is 0 Å². The van der Waals surface area contributed by atoms with Crippen molar-refractivity contribution in [2.24, 2.45) is 11.7 Å². The Balaban J connectivity index is 1.33. The van der Waals surface area contributed by atoms with Gasteiger partial charge in [0.1, 0.15) is 0 Å². The molecule has 44 heavy (non-hydrogen) atoms. The Hall–Kier alpha value is -3.93. The predicted molar refractivity (Wildman–Crippen MR) is 179 cm³/mol. The van der Waals surface area contributed by atoms with Crippen LogP contribution in [0.2, 0.25) is 0 Å². The number of nitrogens with two attached hydrogens (primary N) is 1. The van der Waals surface area contributed by atoms with Crippen molar-refractivity contribution in [2.75, 3.05) is 19.6 Å². The quantitative estimate of drug-likeness (QED) is 0.111. The minimum Gasteiger partial charge on any atom is -0.388 e. The van der Waals surface area contributed by atoms with E-state index in [4.69, 9.17) is 11.1 Å². The molecule has 0 saturated carbocycles. The minimum atomic E-state index is -0.0386. The van der Waals surface area contributed by atoms with Crippen LogP contribution in [0.1, 0.15) is 91.8 Å². The normalized spacial score (nSPS) is 18.7. The predicted octanol–water partition coefficient (Wildman–Crippen LogP) is 7.21. The van der Waals surface area contributed by atoms with E-state index in [-0.39, 0.29) is 29.6 Å². The molecule has 1 aliphatic heterocycles. The Bertz CT molecular complexity index is 1450. The molecule has 5 rings (SSSR count). The summed E-state index contributed by atoms with van der Waals surface area (Å²) in [6.07, 6.45) is 8.40. The molecular weight excluding hydrogens is 544 g/mol. The first kappa shape index (κ1) is 31.5. The smallest absolute Gasteiger partial charge is 0.253 e. The molecule has 3 aromatic carbocycles. The zero-order chi connectivity index (χ0) is 31.1. The molecule has 0 aromatic heterocycles. The van der Waals surface area contributed by atoms with Crippen molar-refractivity contribution in [3.05, 3.63) is 95.1 Å². The van der Waals surface area contributed by atoms with E-state index in [2.05, 4.69) is 59.5 Å². The molecule has 3 aromatic rings. The first-order valence-electron chi connectivity index (χ1n) is 16.6. The van der Waals surface area contributed by atoms with Crippen LogP contribution in [0, 0.1) is 11.3 Å². The van der Waals surface area contributed by atoms with Gasteiger partial charge in [-0.2, -0.15) is 0 Å². The van der Waals surface area contributed by atoms with E-state index in [9.17, 15) is 9.59 Å². The number of nitrogens with zero attached hydrogens (tertiary/aromatic N) is 2. The third-order valence-electron chi connectivity index (χ3n) is 9.69. The molecule has 0 spiro atoms. The number of likely N-dealkylation sites (tertiary alicyclic amines) is 1. The lowest BCUT2D eigenvalue weighted by atomic mass is 9.83. The number of nitrogens with one attached hydrogen (secondary N) is 1. The van der Waals surface area contributed by atoms with Crippen molar-refractivity contribution in [1.29, 1.82) is 5.41 Å². The van der Waals surface area contributed by atoms with Crippen LogP contribution < -0.4 is 5.73 Å². The number of carbonyl (C=O) groups excluding carboxylic acids is 2. The number of rotatable bonds is 15. The van der Waals surface area contributed by atoms with Crippen molar-refractivity contribution >= 4 is 17.6 Å². The summed E-state index contributed by atoms with van der Waals surface area (Å²) in [6.45, 7) is 6.21. The summed E-state index contributed by atoms with van der Waals surface area (Å²) >= 11 is 0. The maximum Gasteiger partial charge on any atom is 0.253 e. The molecule has 0 radical (unpaired) electrons. The van der Waals surface area contributed by atoms with Crippen LogP contribution in [0.15, 0.2) is 72.8 Å². The second-order valence-electron chi connectivity index (χ2n) is 12.5. The van der Waals surface area contributed by atoms with Crippen molar-refractivity contribution in [1.82, 2.24) is 9.80 Å². The van der Waals surface area contributed by atoms with Crippen LogP contribution in [-0.2, 0) is 17.6 Å². The summed E-state index contributed by atoms with van der Waals surface area (Å²) in [4.78, 5) is 31.1. The fraction of sp³-hybridized carbons (Fsp3) is 0.447. The number of aryl methyl sites for hydroxylation is 1. The lowest BCUT2D eigenvalue weighted by molar-refractivity contribution is -0.132. The van der Waals surface area contributed by atoms with Crippen LogP contribution in [-0.4, -0.2) is 53.1 Å². The van der Waals surface area contributed by atoms with Gasteiger partial charge in [-0.3, -0.25) is 15.0 Å². The number of unbranched alkanes of at least 4 members (excludes halogenated alkanes) is 3. The molecule has 0 unspecified atom stereocenters. The zero-order valence-electron chi connectivity index (χ0n) is 26.4. The molecule has 3 N–H and O–H groups in total. The van der Waals surface area contributed by atoms with Gasteiger partial charge in [-0.25, -0.2) is 0 Å². The third-order valence-corrected chi connectivity index (χ3v) is 9.69. The van der Waals surface area contributed by atoms with Gasteiger partial charge in [0.2, 0.25) is 5.91 Å². The number of fused-ring (bicyclic) bond motifs is 3. The topological polar surface area (TPSA) is 90.5 Å². The molecule has 1 fully saturated rings. The molecular formula is C38H48N4O2. The summed E-state index contributed by atoms with van der Waals surface area (Å²) in [5, 5.41) is 7.60. The van der Waals surface area contributed by atoms with Gasteiger partial charge in [-0.05, 0) is 92.3 Å². The van der Waals surface area contributed by atoms with Gasteiger partial charge in [0.15, 0.2) is 0 Å². The first-order valence-corrected chi connectivity index (χ1v) is 16.6. The highest BCUT2D eigenvalue weighted by molar-refractivity contribution is 5.95. The molecule has 232 valence electrons. The van der Waals surface area contributed by atoms with Crippen LogP contribution in [0.25, 0.3) is 11.1 Å². The molecule has 2 amide bonds. The van der Waals surface area contributed by atoms with Gasteiger partial charge in [0.05, 0.1) is 5.84 Å². The van der Waals surface area contributed by atoms with Crippen molar-refractivity contribution in [2.45, 2.75) is 83.6 Å². The number of carbonyl (C=O) groups is 2. The summed E-state index contributed by atoms with van der Waals surface area (Å²) in [7, 11) is 0. The Morgan fingerprint density at radius 3 is 2.43 bits per heavy atom. The molecule has 3 atom stereocenters. The zero-order valence-corrected chi connectivity index (χ0v) is 26.4. The Morgan fingerprint density at radius 2 is 1.68 bits per heavy atom. The van der Waals surface area contributed by atoms with Gasteiger partial charge < -0.3 is 15.5 Å². The molecule has 1 heterocycles. The number of amidine groups is 1. The van der Waals surface area contributed by atoms with E-state index in [0.29, 0.717) is 31.0 Å². The highest BCUT2D eigenvalue weighted by atomic mass is 16.2. The second-order valence-corrected chi connectivity index (χ2v) is 12.5. The van der Waals surface area contributed by atoms with Crippen LogP contribution in [0.5, 0.6) is 0 Å². The summed E-state index contributed by atoms with van der Waals surface area (Å²) in [5.74, 6) is 0.719. The lowest BCUT2D eigenvalue weighted by Crippen LogP contribution is -2.35. The second kappa shape index (κ2) is 14.7. The van der Waals surface area contributed by atoms with Gasteiger partial charge in [0, 0.05) is 49.5 Å². The van der Waals surface area contributed by atoms with Gasteiger partial charge in [-0.15, -0.1) is 0 Å². The van der Waals surface area contributed by atoms with Gasteiger partial charge in [0.25, 0.3) is 5.91 Å². The fourth-order valence-corrected chi connectivity index (χ4v) is 7.37. The number of amides is 2. The van der Waals surface area contributed by atoms with Crippen molar-refractivity contribution < 1.29 is 9.59 Å². The number of hydrogen-bond donors (Lipinski definition) is 2. The summed E-state index contributed by atoms with van der Waals surface area (Å²) in [5.41, 5.74) is 12.5. The van der Waals surface area contributed by atoms with Crippen LogP contribution >= 0.6 is 0 Å². The highest BCUT2D eigenvalue weighted by Gasteiger charge is 2.51. The maximum atomic E-state index is 14.0. The molecule has 6 heteroatoms. The Morgan fingerprint density at radius 1 is 0.909 bits per heavy atom. The average Bonchev–Trinajstić information content (AvgIpc) is 3.53. The Kier molecular flexibility index (Phi) is 10.5. The average molecular weight is 593 g/mol. The Labute approximate surface area is 263 Å².